The Morgan fingerprint density at radius 1 is 1.18 bits per heavy atom. The van der Waals surface area contributed by atoms with E-state index in [4.69, 9.17) is 4.74 Å². The molecule has 0 saturated carbocycles. The summed E-state index contributed by atoms with van der Waals surface area (Å²) in [5.74, 6) is 0.787. The van der Waals surface area contributed by atoms with Gasteiger partial charge in [-0.25, -0.2) is 4.79 Å². The van der Waals surface area contributed by atoms with E-state index < -0.39 is 6.10 Å². The van der Waals surface area contributed by atoms with Gasteiger partial charge in [0, 0.05) is 0 Å². The first kappa shape index (κ1) is 13.6. The first-order chi connectivity index (χ1) is 7.93. The third-order valence-corrected chi connectivity index (χ3v) is 2.59. The Kier molecular flexibility index (Phi) is 4.55. The van der Waals surface area contributed by atoms with Gasteiger partial charge in [-0.3, -0.25) is 0 Å². The van der Waals surface area contributed by atoms with Gasteiger partial charge >= 0.3 is 5.97 Å². The van der Waals surface area contributed by atoms with Crippen molar-refractivity contribution in [2.75, 3.05) is 7.11 Å². The number of rotatable bonds is 4. The quantitative estimate of drug-likeness (QED) is 0.754. The molecule has 1 atom stereocenters. The summed E-state index contributed by atoms with van der Waals surface area (Å²) in [6, 6.07) is 6.02. The third-order valence-electron chi connectivity index (χ3n) is 2.59. The van der Waals surface area contributed by atoms with Crippen molar-refractivity contribution in [3.63, 3.8) is 0 Å². The second-order valence-electron chi connectivity index (χ2n) is 4.52. The number of aryl methyl sites for hydroxylation is 1. The summed E-state index contributed by atoms with van der Waals surface area (Å²) in [6.45, 7) is 7.95. The molecule has 0 aliphatic heterocycles. The lowest BCUT2D eigenvalue weighted by Gasteiger charge is -2.15. The van der Waals surface area contributed by atoms with E-state index in [9.17, 15) is 4.79 Å². The Bertz CT molecular complexity index is 396. The number of ether oxygens (including phenoxy) is 2. The molecule has 0 aliphatic carbocycles. The van der Waals surface area contributed by atoms with E-state index in [-0.39, 0.29) is 5.97 Å². The molecule has 0 fully saturated rings. The fourth-order valence-electron chi connectivity index (χ4n) is 1.60. The molecule has 0 bridgehead atoms. The van der Waals surface area contributed by atoms with Crippen molar-refractivity contribution in [1.29, 1.82) is 0 Å². The molecule has 3 heteroatoms. The molecule has 0 heterocycles. The maximum Gasteiger partial charge on any atom is 0.346 e. The molecule has 1 aromatic rings. The second kappa shape index (κ2) is 5.71. The molecule has 17 heavy (non-hydrogen) atoms. The van der Waals surface area contributed by atoms with Gasteiger partial charge in [0.2, 0.25) is 0 Å². The maximum atomic E-state index is 11.3. The highest BCUT2D eigenvalue weighted by Gasteiger charge is 2.15. The topological polar surface area (TPSA) is 35.5 Å². The molecule has 1 rings (SSSR count). The van der Waals surface area contributed by atoms with Gasteiger partial charge in [-0.1, -0.05) is 19.9 Å². The molecule has 94 valence electrons. The van der Waals surface area contributed by atoms with E-state index >= 15 is 0 Å². The molecule has 0 radical (unpaired) electrons. The summed E-state index contributed by atoms with van der Waals surface area (Å²) in [5.41, 5.74) is 2.33. The summed E-state index contributed by atoms with van der Waals surface area (Å²) >= 11 is 0. The van der Waals surface area contributed by atoms with Crippen molar-refractivity contribution in [2.24, 2.45) is 0 Å². The van der Waals surface area contributed by atoms with Crippen LogP contribution in [-0.4, -0.2) is 19.2 Å². The lowest BCUT2D eigenvalue weighted by Crippen LogP contribution is -2.24. The normalized spacial score (nSPS) is 12.4. The van der Waals surface area contributed by atoms with Crippen molar-refractivity contribution in [3.8, 4) is 5.75 Å². The average molecular weight is 236 g/mol. The van der Waals surface area contributed by atoms with Crippen LogP contribution in [0.2, 0.25) is 0 Å². The second-order valence-corrected chi connectivity index (χ2v) is 4.52. The van der Waals surface area contributed by atoms with Crippen LogP contribution in [0.1, 0.15) is 37.8 Å². The van der Waals surface area contributed by atoms with Crippen LogP contribution in [0.4, 0.5) is 0 Å². The summed E-state index contributed by atoms with van der Waals surface area (Å²) < 4.78 is 10.2. The Hall–Kier alpha value is -1.51. The van der Waals surface area contributed by atoms with Gasteiger partial charge < -0.3 is 9.47 Å². The van der Waals surface area contributed by atoms with Gasteiger partial charge in [-0.2, -0.15) is 0 Å². The van der Waals surface area contributed by atoms with Crippen molar-refractivity contribution in [3.05, 3.63) is 29.3 Å². The summed E-state index contributed by atoms with van der Waals surface area (Å²) in [4.78, 5) is 11.3. The number of carbonyl (C=O) groups is 1. The van der Waals surface area contributed by atoms with Crippen LogP contribution in [0.3, 0.4) is 0 Å². The minimum Gasteiger partial charge on any atom is -0.479 e. The molecule has 1 aromatic carbocycles. The zero-order chi connectivity index (χ0) is 13.0. The van der Waals surface area contributed by atoms with Crippen molar-refractivity contribution in [2.45, 2.75) is 39.7 Å². The lowest BCUT2D eigenvalue weighted by molar-refractivity contribution is -0.147. The summed E-state index contributed by atoms with van der Waals surface area (Å²) in [5, 5.41) is 0. The molecule has 0 amide bonds. The zero-order valence-corrected chi connectivity index (χ0v) is 11.1. The van der Waals surface area contributed by atoms with E-state index in [2.05, 4.69) is 24.7 Å². The van der Waals surface area contributed by atoms with Gasteiger partial charge in [0.25, 0.3) is 0 Å². The molecular weight excluding hydrogens is 216 g/mol. The van der Waals surface area contributed by atoms with Crippen LogP contribution < -0.4 is 4.74 Å². The minimum atomic E-state index is -0.582. The number of hydrogen-bond acceptors (Lipinski definition) is 3. The van der Waals surface area contributed by atoms with E-state index in [1.54, 1.807) is 6.92 Å². The highest BCUT2D eigenvalue weighted by molar-refractivity contribution is 5.74. The fourth-order valence-corrected chi connectivity index (χ4v) is 1.60. The fraction of sp³-hybridized carbons (Fsp3) is 0.500. The van der Waals surface area contributed by atoms with Crippen LogP contribution in [0.15, 0.2) is 18.2 Å². The summed E-state index contributed by atoms with van der Waals surface area (Å²) in [7, 11) is 1.36. The molecule has 0 aliphatic rings. The predicted molar refractivity (Wildman–Crippen MR) is 67.4 cm³/mol. The minimum absolute atomic E-state index is 0.363. The molecular formula is C14H20O3. The van der Waals surface area contributed by atoms with E-state index in [1.807, 2.05) is 19.1 Å². The van der Waals surface area contributed by atoms with Crippen molar-refractivity contribution >= 4 is 5.97 Å². The van der Waals surface area contributed by atoms with Crippen molar-refractivity contribution in [1.82, 2.24) is 0 Å². The maximum absolute atomic E-state index is 11.3. The Morgan fingerprint density at radius 3 is 2.35 bits per heavy atom. The molecule has 0 saturated heterocycles. The summed E-state index contributed by atoms with van der Waals surface area (Å²) in [6.07, 6.45) is -0.582. The van der Waals surface area contributed by atoms with Gasteiger partial charge in [-0.15, -0.1) is 0 Å². The largest absolute Gasteiger partial charge is 0.479 e. The highest BCUT2D eigenvalue weighted by Crippen LogP contribution is 2.23. The van der Waals surface area contributed by atoms with Gasteiger partial charge in [-0.05, 0) is 43.0 Å². The highest BCUT2D eigenvalue weighted by atomic mass is 16.6. The number of esters is 1. The number of carbonyl (C=O) groups excluding carboxylic acids is 1. The zero-order valence-electron chi connectivity index (χ0n) is 11.1. The molecule has 0 spiro atoms. The van der Waals surface area contributed by atoms with E-state index in [0.29, 0.717) is 11.7 Å². The smallest absolute Gasteiger partial charge is 0.346 e. The number of benzene rings is 1. The Balaban J connectivity index is 2.87. The van der Waals surface area contributed by atoms with Crippen LogP contribution in [-0.2, 0) is 9.53 Å². The molecule has 3 nitrogen and oxygen atoms in total. The average Bonchev–Trinajstić information content (AvgIpc) is 2.26. The first-order valence-electron chi connectivity index (χ1n) is 5.80. The lowest BCUT2D eigenvalue weighted by atomic mass is 10.0. The Labute approximate surface area is 103 Å². The van der Waals surface area contributed by atoms with Gasteiger partial charge in [0.15, 0.2) is 6.10 Å². The van der Waals surface area contributed by atoms with Crippen LogP contribution in [0, 0.1) is 6.92 Å². The van der Waals surface area contributed by atoms with Gasteiger partial charge in [0.1, 0.15) is 5.75 Å². The molecule has 0 N–H and O–H groups in total. The van der Waals surface area contributed by atoms with Crippen molar-refractivity contribution < 1.29 is 14.3 Å². The van der Waals surface area contributed by atoms with Crippen LogP contribution >= 0.6 is 0 Å². The number of methoxy groups -OCH3 is 1. The number of hydrogen-bond donors (Lipinski definition) is 0. The standard InChI is InChI=1S/C14H20O3/c1-9(2)12-6-10(3)7-13(8-12)17-11(4)14(15)16-5/h6-9,11H,1-5H3. The van der Waals surface area contributed by atoms with E-state index in [0.717, 1.165) is 5.56 Å². The SMILES string of the molecule is COC(=O)C(C)Oc1cc(C)cc(C(C)C)c1. The van der Waals surface area contributed by atoms with Crippen LogP contribution in [0.25, 0.3) is 0 Å². The molecule has 0 aromatic heterocycles. The monoisotopic (exact) mass is 236 g/mol. The van der Waals surface area contributed by atoms with Crippen LogP contribution in [0.5, 0.6) is 5.75 Å². The first-order valence-corrected chi connectivity index (χ1v) is 5.80. The molecule has 1 unspecified atom stereocenters. The third kappa shape index (κ3) is 3.77. The predicted octanol–water partition coefficient (Wildman–Crippen LogP) is 3.06. The Morgan fingerprint density at radius 2 is 1.82 bits per heavy atom. The van der Waals surface area contributed by atoms with E-state index in [1.165, 1.54) is 12.7 Å². The van der Waals surface area contributed by atoms with Gasteiger partial charge in [0.05, 0.1) is 7.11 Å².